The molecule has 8 heteroatoms. The van der Waals surface area contributed by atoms with E-state index in [1.807, 2.05) is 55.3 Å². The van der Waals surface area contributed by atoms with E-state index in [2.05, 4.69) is 25.3 Å². The van der Waals surface area contributed by atoms with Crippen LogP contribution in [0.25, 0.3) is 22.8 Å². The zero-order valence-electron chi connectivity index (χ0n) is 15.0. The van der Waals surface area contributed by atoms with Gasteiger partial charge in [-0.3, -0.25) is 9.88 Å². The molecule has 3 aromatic heterocycles. The molecule has 4 rings (SSSR count). The Morgan fingerprint density at radius 2 is 1.85 bits per heavy atom. The van der Waals surface area contributed by atoms with Gasteiger partial charge in [0.25, 0.3) is 0 Å². The molecule has 3 heterocycles. The highest BCUT2D eigenvalue weighted by molar-refractivity contribution is 5.55. The van der Waals surface area contributed by atoms with Gasteiger partial charge in [0.1, 0.15) is 0 Å². The molecule has 0 bridgehead atoms. The molecule has 0 atom stereocenters. The molecule has 0 saturated carbocycles. The molecule has 0 aliphatic heterocycles. The lowest BCUT2D eigenvalue weighted by molar-refractivity contribution is 0.241. The van der Waals surface area contributed by atoms with Crippen LogP contribution in [-0.4, -0.2) is 37.3 Å². The molecule has 4 aromatic rings. The fourth-order valence-electron chi connectivity index (χ4n) is 2.66. The van der Waals surface area contributed by atoms with Gasteiger partial charge in [-0.1, -0.05) is 28.9 Å². The molecule has 1 aromatic carbocycles. The first-order chi connectivity index (χ1) is 13.2. The zero-order chi connectivity index (χ0) is 18.6. The van der Waals surface area contributed by atoms with Crippen molar-refractivity contribution in [1.82, 2.24) is 30.2 Å². The third-order valence-electron chi connectivity index (χ3n) is 3.93. The molecule has 0 aliphatic rings. The fourth-order valence-corrected chi connectivity index (χ4v) is 2.66. The van der Waals surface area contributed by atoms with Crippen molar-refractivity contribution in [3.63, 3.8) is 0 Å². The van der Waals surface area contributed by atoms with Crippen LogP contribution in [0.5, 0.6) is 0 Å². The minimum Gasteiger partial charge on any atom is -0.419 e. The van der Waals surface area contributed by atoms with Gasteiger partial charge < -0.3 is 8.94 Å². The topological polar surface area (TPSA) is 94.0 Å². The van der Waals surface area contributed by atoms with Crippen LogP contribution < -0.4 is 0 Å². The first kappa shape index (κ1) is 17.0. The summed E-state index contributed by atoms with van der Waals surface area (Å²) in [5.74, 6) is 2.07. The predicted octanol–water partition coefficient (Wildman–Crippen LogP) is 3.12. The number of pyridine rings is 1. The number of benzene rings is 1. The van der Waals surface area contributed by atoms with Crippen molar-refractivity contribution >= 4 is 0 Å². The maximum atomic E-state index is 5.70. The summed E-state index contributed by atoms with van der Waals surface area (Å²) >= 11 is 0. The molecule has 0 N–H and O–H groups in total. The largest absolute Gasteiger partial charge is 0.419 e. The van der Waals surface area contributed by atoms with Crippen LogP contribution in [0.4, 0.5) is 0 Å². The molecule has 0 fully saturated rings. The Bertz CT molecular complexity index is 1030. The minimum atomic E-state index is 0.450. The van der Waals surface area contributed by atoms with E-state index in [1.165, 1.54) is 0 Å². The highest BCUT2D eigenvalue weighted by Gasteiger charge is 2.14. The van der Waals surface area contributed by atoms with Crippen LogP contribution in [0.1, 0.15) is 17.3 Å². The van der Waals surface area contributed by atoms with Gasteiger partial charge in [-0.15, -0.1) is 10.2 Å². The van der Waals surface area contributed by atoms with Crippen LogP contribution >= 0.6 is 0 Å². The second-order valence-electron chi connectivity index (χ2n) is 6.30. The fraction of sp³-hybridized carbons (Fsp3) is 0.211. The van der Waals surface area contributed by atoms with Gasteiger partial charge >= 0.3 is 0 Å². The number of hydrogen-bond donors (Lipinski definition) is 0. The Morgan fingerprint density at radius 1 is 1.00 bits per heavy atom. The monoisotopic (exact) mass is 362 g/mol. The smallest absolute Gasteiger partial charge is 0.249 e. The van der Waals surface area contributed by atoms with Gasteiger partial charge in [-0.25, -0.2) is 0 Å². The zero-order valence-corrected chi connectivity index (χ0v) is 15.0. The second-order valence-corrected chi connectivity index (χ2v) is 6.30. The quantitative estimate of drug-likeness (QED) is 0.516. The molecule has 0 spiro atoms. The number of nitrogens with zero attached hydrogens (tertiary/aromatic N) is 6. The summed E-state index contributed by atoms with van der Waals surface area (Å²) < 4.78 is 11.1. The van der Waals surface area contributed by atoms with Crippen LogP contribution in [0.3, 0.4) is 0 Å². The highest BCUT2D eigenvalue weighted by atomic mass is 16.5. The van der Waals surface area contributed by atoms with Gasteiger partial charge in [0.05, 0.1) is 18.7 Å². The molecular weight excluding hydrogens is 344 g/mol. The predicted molar refractivity (Wildman–Crippen MR) is 97.2 cm³/mol. The van der Waals surface area contributed by atoms with E-state index < -0.39 is 0 Å². The lowest BCUT2D eigenvalue weighted by Gasteiger charge is -2.10. The average Bonchev–Trinajstić information content (AvgIpc) is 3.32. The Kier molecular flexibility index (Phi) is 4.71. The standard InChI is InChI=1S/C19H18N6O2/c1-13-5-3-6-14(9-13)18-21-16(27-24-18)11-25(2)12-17-22-23-19(26-17)15-7-4-8-20-10-15/h3-10H,11-12H2,1-2H3. The molecular formula is C19H18N6O2. The third-order valence-corrected chi connectivity index (χ3v) is 3.93. The average molecular weight is 362 g/mol. The van der Waals surface area contributed by atoms with E-state index in [0.29, 0.717) is 36.6 Å². The van der Waals surface area contributed by atoms with Crippen molar-refractivity contribution in [2.75, 3.05) is 7.05 Å². The molecule has 0 radical (unpaired) electrons. The van der Waals surface area contributed by atoms with Gasteiger partial charge in [0.15, 0.2) is 0 Å². The molecule has 0 unspecified atom stereocenters. The molecule has 0 saturated heterocycles. The summed E-state index contributed by atoms with van der Waals surface area (Å²) in [6, 6.07) is 11.7. The Labute approximate surface area is 155 Å². The van der Waals surface area contributed by atoms with E-state index in [9.17, 15) is 0 Å². The van der Waals surface area contributed by atoms with Crippen LogP contribution in [0.15, 0.2) is 57.7 Å². The maximum absolute atomic E-state index is 5.70. The van der Waals surface area contributed by atoms with E-state index in [0.717, 1.165) is 16.7 Å². The number of hydrogen-bond acceptors (Lipinski definition) is 8. The molecule has 27 heavy (non-hydrogen) atoms. The maximum Gasteiger partial charge on any atom is 0.249 e. The van der Waals surface area contributed by atoms with E-state index in [4.69, 9.17) is 8.94 Å². The van der Waals surface area contributed by atoms with Crippen LogP contribution in [-0.2, 0) is 13.1 Å². The Balaban J connectivity index is 1.40. The summed E-state index contributed by atoms with van der Waals surface area (Å²) in [6.45, 7) is 2.97. The third kappa shape index (κ3) is 4.06. The first-order valence-electron chi connectivity index (χ1n) is 8.48. The number of rotatable bonds is 6. The van der Waals surface area contributed by atoms with Crippen molar-refractivity contribution in [1.29, 1.82) is 0 Å². The van der Waals surface area contributed by atoms with Gasteiger partial charge in [-0.2, -0.15) is 4.98 Å². The van der Waals surface area contributed by atoms with E-state index in [-0.39, 0.29) is 0 Å². The van der Waals surface area contributed by atoms with Crippen LogP contribution in [0.2, 0.25) is 0 Å². The van der Waals surface area contributed by atoms with Crippen LogP contribution in [0, 0.1) is 6.92 Å². The summed E-state index contributed by atoms with van der Waals surface area (Å²) in [6.07, 6.45) is 3.39. The Morgan fingerprint density at radius 3 is 2.67 bits per heavy atom. The summed E-state index contributed by atoms with van der Waals surface area (Å²) in [4.78, 5) is 10.5. The molecule has 0 aliphatic carbocycles. The summed E-state index contributed by atoms with van der Waals surface area (Å²) in [5.41, 5.74) is 2.88. The lowest BCUT2D eigenvalue weighted by Crippen LogP contribution is -2.17. The van der Waals surface area contributed by atoms with Gasteiger partial charge in [-0.05, 0) is 32.2 Å². The minimum absolute atomic E-state index is 0.450. The molecule has 136 valence electrons. The van der Waals surface area contributed by atoms with Crippen molar-refractivity contribution in [3.05, 3.63) is 66.1 Å². The summed E-state index contributed by atoms with van der Waals surface area (Å²) in [7, 11) is 1.92. The Hall–Kier alpha value is -3.39. The number of aromatic nitrogens is 5. The lowest BCUT2D eigenvalue weighted by atomic mass is 10.1. The SMILES string of the molecule is Cc1cccc(-c2noc(CN(C)Cc3nnc(-c4cccnc4)o3)n2)c1. The van der Waals surface area contributed by atoms with Crippen molar-refractivity contribution < 1.29 is 8.94 Å². The van der Waals surface area contributed by atoms with Crippen molar-refractivity contribution in [3.8, 4) is 22.8 Å². The second kappa shape index (κ2) is 7.46. The van der Waals surface area contributed by atoms with Crippen molar-refractivity contribution in [2.45, 2.75) is 20.0 Å². The highest BCUT2D eigenvalue weighted by Crippen LogP contribution is 2.19. The molecule has 0 amide bonds. The molecule has 8 nitrogen and oxygen atoms in total. The van der Waals surface area contributed by atoms with E-state index >= 15 is 0 Å². The number of aryl methyl sites for hydroxylation is 1. The normalized spacial score (nSPS) is 11.2. The van der Waals surface area contributed by atoms with Gasteiger partial charge in [0, 0.05) is 18.0 Å². The summed E-state index contributed by atoms with van der Waals surface area (Å²) in [5, 5.41) is 12.2. The first-order valence-corrected chi connectivity index (χ1v) is 8.48. The van der Waals surface area contributed by atoms with Crippen molar-refractivity contribution in [2.24, 2.45) is 0 Å². The van der Waals surface area contributed by atoms with E-state index in [1.54, 1.807) is 12.4 Å². The van der Waals surface area contributed by atoms with Gasteiger partial charge in [0.2, 0.25) is 23.5 Å².